The molecule has 0 saturated carbocycles. The van der Waals surface area contributed by atoms with Gasteiger partial charge in [-0.2, -0.15) is 0 Å². The third-order valence-corrected chi connectivity index (χ3v) is 7.88. The smallest absolute Gasteiger partial charge is 0.247 e. The summed E-state index contributed by atoms with van der Waals surface area (Å²) in [5.41, 5.74) is 4.99. The standard InChI is InChI=1S/C29H28FN3O2S/c1-19-7-9-20(10-8-19)15-16-33-25(34)18-36-29-26(23-5-3-4-6-24(23)32(29)2)27(33)28(35)31-17-21-11-13-22(30)14-12-21/h3-14,27H,15-18H2,1-2H3,(H,31,35)/t27-/m1/s1. The van der Waals surface area contributed by atoms with E-state index in [1.807, 2.05) is 38.2 Å². The van der Waals surface area contributed by atoms with E-state index >= 15 is 0 Å². The van der Waals surface area contributed by atoms with Crippen molar-refractivity contribution in [1.82, 2.24) is 14.8 Å². The maximum Gasteiger partial charge on any atom is 0.247 e. The van der Waals surface area contributed by atoms with Crippen LogP contribution < -0.4 is 5.32 Å². The number of nitrogens with zero attached hydrogens (tertiary/aromatic N) is 2. The van der Waals surface area contributed by atoms with Crippen molar-refractivity contribution in [3.63, 3.8) is 0 Å². The largest absolute Gasteiger partial charge is 0.350 e. The number of para-hydroxylation sites is 1. The molecule has 4 aromatic rings. The number of hydrogen-bond donors (Lipinski definition) is 1. The summed E-state index contributed by atoms with van der Waals surface area (Å²) < 4.78 is 15.4. The van der Waals surface area contributed by atoms with Crippen LogP contribution in [-0.4, -0.2) is 33.6 Å². The van der Waals surface area contributed by atoms with E-state index in [9.17, 15) is 14.0 Å². The van der Waals surface area contributed by atoms with Crippen molar-refractivity contribution in [3.05, 3.63) is 101 Å². The summed E-state index contributed by atoms with van der Waals surface area (Å²) in [5.74, 6) is -0.350. The van der Waals surface area contributed by atoms with Crippen molar-refractivity contribution < 1.29 is 14.0 Å². The summed E-state index contributed by atoms with van der Waals surface area (Å²) in [6.07, 6.45) is 0.651. The second-order valence-electron chi connectivity index (χ2n) is 9.15. The molecule has 0 aliphatic carbocycles. The average Bonchev–Trinajstić information content (AvgIpc) is 3.07. The van der Waals surface area contributed by atoms with Gasteiger partial charge in [0.25, 0.3) is 0 Å². The van der Waals surface area contributed by atoms with Crippen LogP contribution in [0.2, 0.25) is 0 Å². The number of benzene rings is 3. The van der Waals surface area contributed by atoms with Crippen LogP contribution in [0.4, 0.5) is 4.39 Å². The Hall–Kier alpha value is -3.58. The van der Waals surface area contributed by atoms with E-state index in [0.29, 0.717) is 13.0 Å². The van der Waals surface area contributed by atoms with Crippen molar-refractivity contribution in [3.8, 4) is 0 Å². The van der Waals surface area contributed by atoms with Crippen molar-refractivity contribution in [2.45, 2.75) is 31.0 Å². The van der Waals surface area contributed by atoms with Gasteiger partial charge in [-0.3, -0.25) is 9.59 Å². The Labute approximate surface area is 214 Å². The number of nitrogens with one attached hydrogen (secondary N) is 1. The van der Waals surface area contributed by atoms with Crippen molar-refractivity contribution in [2.75, 3.05) is 12.3 Å². The van der Waals surface area contributed by atoms with Crippen LogP contribution in [0, 0.1) is 12.7 Å². The number of aromatic nitrogens is 1. The number of aryl methyl sites for hydroxylation is 2. The molecule has 2 heterocycles. The molecule has 5 nitrogen and oxygen atoms in total. The maximum absolute atomic E-state index is 13.8. The number of fused-ring (bicyclic) bond motifs is 3. The van der Waals surface area contributed by atoms with Crippen LogP contribution in [0.3, 0.4) is 0 Å². The van der Waals surface area contributed by atoms with E-state index in [1.165, 1.54) is 29.5 Å². The topological polar surface area (TPSA) is 54.3 Å². The molecule has 0 saturated heterocycles. The Morgan fingerprint density at radius 2 is 1.72 bits per heavy atom. The Morgan fingerprint density at radius 3 is 2.47 bits per heavy atom. The van der Waals surface area contributed by atoms with Gasteiger partial charge in [-0.05, 0) is 42.7 Å². The molecule has 1 aliphatic heterocycles. The molecule has 1 aromatic heterocycles. The van der Waals surface area contributed by atoms with Gasteiger partial charge in [0.05, 0.1) is 10.8 Å². The number of carbonyl (C=O) groups is 2. The Bertz CT molecular complexity index is 1410. The fourth-order valence-electron chi connectivity index (χ4n) is 4.77. The minimum Gasteiger partial charge on any atom is -0.350 e. The van der Waals surface area contributed by atoms with Gasteiger partial charge in [-0.1, -0.05) is 71.9 Å². The lowest BCUT2D eigenvalue weighted by Crippen LogP contribution is -2.44. The summed E-state index contributed by atoms with van der Waals surface area (Å²) in [6.45, 7) is 2.73. The first-order valence-corrected chi connectivity index (χ1v) is 13.0. The highest BCUT2D eigenvalue weighted by Gasteiger charge is 2.38. The van der Waals surface area contributed by atoms with Gasteiger partial charge in [0, 0.05) is 36.6 Å². The Balaban J connectivity index is 1.52. The van der Waals surface area contributed by atoms with Gasteiger partial charge in [-0.15, -0.1) is 0 Å². The monoisotopic (exact) mass is 501 g/mol. The second kappa shape index (κ2) is 10.2. The molecule has 1 N–H and O–H groups in total. The van der Waals surface area contributed by atoms with Gasteiger partial charge in [0.2, 0.25) is 11.8 Å². The molecule has 0 unspecified atom stereocenters. The van der Waals surface area contributed by atoms with E-state index in [0.717, 1.165) is 32.6 Å². The van der Waals surface area contributed by atoms with Gasteiger partial charge in [-0.25, -0.2) is 4.39 Å². The molecule has 0 fully saturated rings. The average molecular weight is 502 g/mol. The fraction of sp³-hybridized carbons (Fsp3) is 0.241. The van der Waals surface area contributed by atoms with E-state index in [1.54, 1.807) is 17.0 Å². The number of amides is 2. The van der Waals surface area contributed by atoms with Crippen LogP contribution in [0.1, 0.15) is 28.3 Å². The number of carbonyl (C=O) groups excluding carboxylic acids is 2. The van der Waals surface area contributed by atoms with Crippen molar-refractivity contribution >= 4 is 34.5 Å². The lowest BCUT2D eigenvalue weighted by molar-refractivity contribution is -0.138. The summed E-state index contributed by atoms with van der Waals surface area (Å²) >= 11 is 1.48. The zero-order chi connectivity index (χ0) is 25.2. The highest BCUT2D eigenvalue weighted by molar-refractivity contribution is 8.00. The fourth-order valence-corrected chi connectivity index (χ4v) is 5.86. The summed E-state index contributed by atoms with van der Waals surface area (Å²) in [4.78, 5) is 29.0. The summed E-state index contributed by atoms with van der Waals surface area (Å²) in [7, 11) is 1.98. The van der Waals surface area contributed by atoms with Gasteiger partial charge >= 0.3 is 0 Å². The van der Waals surface area contributed by atoms with Crippen LogP contribution in [0.5, 0.6) is 0 Å². The summed E-state index contributed by atoms with van der Waals surface area (Å²) in [6, 6.07) is 21.6. The molecule has 0 spiro atoms. The van der Waals surface area contributed by atoms with Crippen LogP contribution in [-0.2, 0) is 29.6 Å². The molecule has 0 bridgehead atoms. The van der Waals surface area contributed by atoms with Crippen LogP contribution in [0.15, 0.2) is 77.8 Å². The van der Waals surface area contributed by atoms with E-state index in [4.69, 9.17) is 0 Å². The minimum absolute atomic E-state index is 0.0608. The van der Waals surface area contributed by atoms with Gasteiger partial charge in [0.15, 0.2) is 0 Å². The van der Waals surface area contributed by atoms with Gasteiger partial charge in [0.1, 0.15) is 11.9 Å². The van der Waals surface area contributed by atoms with E-state index < -0.39 is 6.04 Å². The van der Waals surface area contributed by atoms with E-state index in [-0.39, 0.29) is 29.9 Å². The first kappa shape index (κ1) is 24.1. The lowest BCUT2D eigenvalue weighted by atomic mass is 10.0. The molecule has 7 heteroatoms. The molecule has 3 aromatic carbocycles. The number of hydrogen-bond acceptors (Lipinski definition) is 3. The normalized spacial score (nSPS) is 15.6. The zero-order valence-electron chi connectivity index (χ0n) is 20.3. The highest BCUT2D eigenvalue weighted by Crippen LogP contribution is 2.41. The Morgan fingerprint density at radius 1 is 1.03 bits per heavy atom. The van der Waals surface area contributed by atoms with Crippen LogP contribution >= 0.6 is 11.8 Å². The number of rotatable bonds is 6. The lowest BCUT2D eigenvalue weighted by Gasteiger charge is -2.30. The quantitative estimate of drug-likeness (QED) is 0.397. The van der Waals surface area contributed by atoms with Crippen molar-refractivity contribution in [1.29, 1.82) is 0 Å². The molecule has 36 heavy (non-hydrogen) atoms. The first-order chi connectivity index (χ1) is 17.4. The molecular formula is C29H28FN3O2S. The number of thioether (sulfide) groups is 1. The molecular weight excluding hydrogens is 473 g/mol. The third-order valence-electron chi connectivity index (χ3n) is 6.72. The third kappa shape index (κ3) is 4.75. The van der Waals surface area contributed by atoms with E-state index in [2.05, 4.69) is 34.1 Å². The second-order valence-corrected chi connectivity index (χ2v) is 10.1. The number of halogens is 1. The molecule has 2 amide bonds. The first-order valence-electron chi connectivity index (χ1n) is 12.0. The maximum atomic E-state index is 13.8. The highest BCUT2D eigenvalue weighted by atomic mass is 32.2. The zero-order valence-corrected chi connectivity index (χ0v) is 21.1. The predicted molar refractivity (Wildman–Crippen MR) is 141 cm³/mol. The predicted octanol–water partition coefficient (Wildman–Crippen LogP) is 5.16. The molecule has 1 aliphatic rings. The minimum atomic E-state index is -0.764. The molecule has 1 atom stereocenters. The molecule has 5 rings (SSSR count). The summed E-state index contributed by atoms with van der Waals surface area (Å²) in [5, 5.41) is 4.92. The van der Waals surface area contributed by atoms with Crippen LogP contribution in [0.25, 0.3) is 10.9 Å². The molecule has 0 radical (unpaired) electrons. The van der Waals surface area contributed by atoms with Crippen molar-refractivity contribution in [2.24, 2.45) is 7.05 Å². The molecule has 184 valence electrons. The SMILES string of the molecule is Cc1ccc(CCN2C(=O)CSc3c(c4ccccc4n3C)[C@@H]2C(=O)NCc2ccc(F)cc2)cc1. The van der Waals surface area contributed by atoms with Gasteiger partial charge < -0.3 is 14.8 Å². The Kier molecular flexibility index (Phi) is 6.83.